The molecule has 0 aliphatic heterocycles. The molecule has 5 N–H and O–H groups in total. The third kappa shape index (κ3) is 2.35. The lowest BCUT2D eigenvalue weighted by Gasteiger charge is -2.08. The van der Waals surface area contributed by atoms with E-state index < -0.39 is 0 Å². The van der Waals surface area contributed by atoms with Crippen LogP contribution in [0.5, 0.6) is 5.75 Å². The Kier molecular flexibility index (Phi) is 3.20. The quantitative estimate of drug-likeness (QED) is 0.427. The molecule has 118 valence electrons. The second-order valence-electron chi connectivity index (χ2n) is 5.20. The topological polar surface area (TPSA) is 126 Å². The largest absolute Gasteiger partial charge is 0.508 e. The van der Waals surface area contributed by atoms with Crippen molar-refractivity contribution < 1.29 is 5.11 Å². The zero-order chi connectivity index (χ0) is 16.5. The number of aromatic amines is 1. The molecule has 0 radical (unpaired) electrons. The Hall–Kier alpha value is -3.68. The predicted molar refractivity (Wildman–Crippen MR) is 90.7 cm³/mol. The number of aromatic hydroxyl groups is 1. The second-order valence-corrected chi connectivity index (χ2v) is 5.20. The summed E-state index contributed by atoms with van der Waals surface area (Å²) in [6, 6.07) is 8.55. The second kappa shape index (κ2) is 5.51. The third-order valence-electron chi connectivity index (χ3n) is 3.64. The van der Waals surface area contributed by atoms with Crippen molar-refractivity contribution in [2.24, 2.45) is 0 Å². The van der Waals surface area contributed by atoms with Gasteiger partial charge < -0.3 is 21.1 Å². The molecule has 0 atom stereocenters. The molecule has 1 aromatic carbocycles. The lowest BCUT2D eigenvalue weighted by molar-refractivity contribution is 0.475. The molecule has 24 heavy (non-hydrogen) atoms. The maximum Gasteiger partial charge on any atom is 0.166 e. The van der Waals surface area contributed by atoms with Crippen molar-refractivity contribution in [1.82, 2.24) is 25.4 Å². The minimum atomic E-state index is 0.206. The summed E-state index contributed by atoms with van der Waals surface area (Å²) < 4.78 is 0. The Morgan fingerprint density at radius 3 is 2.71 bits per heavy atom. The van der Waals surface area contributed by atoms with E-state index in [4.69, 9.17) is 5.73 Å². The highest BCUT2D eigenvalue weighted by Gasteiger charge is 2.15. The summed E-state index contributed by atoms with van der Waals surface area (Å²) in [4.78, 5) is 7.07. The number of aromatic nitrogens is 5. The van der Waals surface area contributed by atoms with E-state index in [0.29, 0.717) is 17.0 Å². The van der Waals surface area contributed by atoms with Crippen LogP contribution in [0.15, 0.2) is 48.9 Å². The molecule has 0 spiro atoms. The monoisotopic (exact) mass is 319 g/mol. The van der Waals surface area contributed by atoms with E-state index in [1.54, 1.807) is 48.9 Å². The van der Waals surface area contributed by atoms with Gasteiger partial charge in [-0.2, -0.15) is 0 Å². The van der Waals surface area contributed by atoms with Crippen LogP contribution in [-0.4, -0.2) is 30.5 Å². The van der Waals surface area contributed by atoms with Gasteiger partial charge in [-0.25, -0.2) is 0 Å². The first-order chi connectivity index (χ1) is 11.7. The van der Waals surface area contributed by atoms with Gasteiger partial charge in [-0.1, -0.05) is 0 Å². The summed E-state index contributed by atoms with van der Waals surface area (Å²) in [7, 11) is 0. The van der Waals surface area contributed by atoms with Crippen molar-refractivity contribution >= 4 is 28.1 Å². The van der Waals surface area contributed by atoms with Crippen LogP contribution in [0.3, 0.4) is 0 Å². The van der Waals surface area contributed by atoms with E-state index in [-0.39, 0.29) is 5.75 Å². The molecular formula is C16H13N7O. The fourth-order valence-electron chi connectivity index (χ4n) is 2.50. The summed E-state index contributed by atoms with van der Waals surface area (Å²) in [5.41, 5.74) is 10.1. The zero-order valence-corrected chi connectivity index (χ0v) is 12.4. The molecule has 0 unspecified atom stereocenters. The Labute approximate surface area is 136 Å². The van der Waals surface area contributed by atoms with Gasteiger partial charge in [0.2, 0.25) is 0 Å². The molecule has 4 aromatic rings. The SMILES string of the molecule is Nc1cnccc1-c1nnnc2[nH]cc(Nc3ccc(O)cc3)c12. The van der Waals surface area contributed by atoms with Gasteiger partial charge in [0.05, 0.1) is 23.0 Å². The summed E-state index contributed by atoms with van der Waals surface area (Å²) >= 11 is 0. The number of rotatable bonds is 3. The van der Waals surface area contributed by atoms with Gasteiger partial charge in [0, 0.05) is 23.6 Å². The number of nitrogens with two attached hydrogens (primary N) is 1. The van der Waals surface area contributed by atoms with E-state index in [1.807, 2.05) is 0 Å². The maximum absolute atomic E-state index is 9.40. The van der Waals surface area contributed by atoms with Crippen LogP contribution in [0.2, 0.25) is 0 Å². The molecular weight excluding hydrogens is 306 g/mol. The Bertz CT molecular complexity index is 1010. The van der Waals surface area contributed by atoms with Crippen LogP contribution in [0.25, 0.3) is 22.3 Å². The minimum absolute atomic E-state index is 0.206. The number of hydrogen-bond donors (Lipinski definition) is 4. The number of hydrogen-bond acceptors (Lipinski definition) is 7. The summed E-state index contributed by atoms with van der Waals surface area (Å²) in [5.74, 6) is 0.206. The van der Waals surface area contributed by atoms with Crippen LogP contribution in [-0.2, 0) is 0 Å². The van der Waals surface area contributed by atoms with Gasteiger partial charge in [-0.15, -0.1) is 10.2 Å². The van der Waals surface area contributed by atoms with Crippen LogP contribution >= 0.6 is 0 Å². The summed E-state index contributed by atoms with van der Waals surface area (Å²) in [6.07, 6.45) is 5.01. The van der Waals surface area contributed by atoms with Gasteiger partial charge in [0.25, 0.3) is 0 Å². The summed E-state index contributed by atoms with van der Waals surface area (Å²) in [6.45, 7) is 0. The number of pyridine rings is 1. The van der Waals surface area contributed by atoms with Gasteiger partial charge >= 0.3 is 0 Å². The fourth-order valence-corrected chi connectivity index (χ4v) is 2.50. The highest BCUT2D eigenvalue weighted by atomic mass is 16.3. The Morgan fingerprint density at radius 2 is 1.92 bits per heavy atom. The highest BCUT2D eigenvalue weighted by Crippen LogP contribution is 2.34. The van der Waals surface area contributed by atoms with Gasteiger partial charge in [0.15, 0.2) is 5.65 Å². The molecule has 3 heterocycles. The Morgan fingerprint density at radius 1 is 1.08 bits per heavy atom. The normalized spacial score (nSPS) is 10.8. The number of benzene rings is 1. The fraction of sp³-hybridized carbons (Fsp3) is 0. The van der Waals surface area contributed by atoms with Crippen molar-refractivity contribution in [3.05, 3.63) is 48.9 Å². The molecule has 3 aromatic heterocycles. The van der Waals surface area contributed by atoms with Crippen LogP contribution < -0.4 is 11.1 Å². The van der Waals surface area contributed by atoms with E-state index in [9.17, 15) is 5.11 Å². The predicted octanol–water partition coefficient (Wildman–Crippen LogP) is 2.45. The molecule has 0 saturated heterocycles. The number of anilines is 3. The maximum atomic E-state index is 9.40. The third-order valence-corrected chi connectivity index (χ3v) is 3.64. The first-order valence-electron chi connectivity index (χ1n) is 7.19. The number of nitrogen functional groups attached to an aromatic ring is 1. The number of nitrogens with zero attached hydrogens (tertiary/aromatic N) is 4. The number of nitrogens with one attached hydrogen (secondary N) is 2. The zero-order valence-electron chi connectivity index (χ0n) is 12.4. The van der Waals surface area contributed by atoms with Crippen LogP contribution in [0.1, 0.15) is 0 Å². The average molecular weight is 319 g/mol. The van der Waals surface area contributed by atoms with Crippen molar-refractivity contribution in [1.29, 1.82) is 0 Å². The minimum Gasteiger partial charge on any atom is -0.508 e. The molecule has 0 amide bonds. The first-order valence-corrected chi connectivity index (χ1v) is 7.19. The molecule has 0 fully saturated rings. The van der Waals surface area contributed by atoms with Gasteiger partial charge in [-0.05, 0) is 35.5 Å². The van der Waals surface area contributed by atoms with Crippen molar-refractivity contribution in [3.8, 4) is 17.0 Å². The van der Waals surface area contributed by atoms with Crippen LogP contribution in [0.4, 0.5) is 17.1 Å². The standard InChI is InChI=1S/C16H13N7O/c17-12-7-18-6-5-11(12)15-14-13(8-19-16(14)22-23-21-15)20-9-1-3-10(24)4-2-9/h1-8,20,24H,17H2,(H,19,21,22). The van der Waals surface area contributed by atoms with Crippen LogP contribution in [0, 0.1) is 0 Å². The summed E-state index contributed by atoms with van der Waals surface area (Å²) in [5, 5.41) is 25.4. The number of phenolic OH excluding ortho intramolecular Hbond substituents is 1. The van der Waals surface area contributed by atoms with Crippen molar-refractivity contribution in [2.75, 3.05) is 11.1 Å². The Balaban J connectivity index is 1.86. The molecule has 8 heteroatoms. The van der Waals surface area contributed by atoms with E-state index in [1.165, 1.54) is 0 Å². The molecule has 8 nitrogen and oxygen atoms in total. The smallest absolute Gasteiger partial charge is 0.166 e. The van der Waals surface area contributed by atoms with Gasteiger partial charge in [-0.3, -0.25) is 4.98 Å². The molecule has 0 bridgehead atoms. The van der Waals surface area contributed by atoms with Crippen molar-refractivity contribution in [2.45, 2.75) is 0 Å². The molecule has 0 aliphatic carbocycles. The highest BCUT2D eigenvalue weighted by molar-refractivity contribution is 6.02. The lowest BCUT2D eigenvalue weighted by atomic mass is 10.1. The number of phenols is 1. The van der Waals surface area contributed by atoms with E-state index >= 15 is 0 Å². The van der Waals surface area contributed by atoms with E-state index in [2.05, 4.69) is 30.7 Å². The first kappa shape index (κ1) is 13.9. The van der Waals surface area contributed by atoms with Gasteiger partial charge in [0.1, 0.15) is 11.4 Å². The number of fused-ring (bicyclic) bond motifs is 1. The van der Waals surface area contributed by atoms with E-state index in [0.717, 1.165) is 22.3 Å². The number of H-pyrrole nitrogens is 1. The average Bonchev–Trinajstić information content (AvgIpc) is 3.01. The lowest BCUT2D eigenvalue weighted by Crippen LogP contribution is -1.98. The molecule has 4 rings (SSSR count). The molecule has 0 aliphatic rings. The molecule has 0 saturated carbocycles. The van der Waals surface area contributed by atoms with Crippen molar-refractivity contribution in [3.63, 3.8) is 0 Å².